The Kier molecular flexibility index (Phi) is 7.52. The topological polar surface area (TPSA) is 106 Å². The molecule has 0 unspecified atom stereocenters. The molecule has 2 amide bonds. The van der Waals surface area contributed by atoms with Gasteiger partial charge in [0.1, 0.15) is 23.6 Å². The highest BCUT2D eigenvalue weighted by atomic mass is 19.3. The highest BCUT2D eigenvalue weighted by Crippen LogP contribution is 2.58. The number of nitrogens with zero attached hydrogens (tertiary/aromatic N) is 4. The normalized spacial score (nSPS) is 27.3. The van der Waals surface area contributed by atoms with Crippen LogP contribution in [0.3, 0.4) is 0 Å². The van der Waals surface area contributed by atoms with E-state index in [1.807, 2.05) is 0 Å². The summed E-state index contributed by atoms with van der Waals surface area (Å²) in [5, 5.41) is 8.62. The fraction of sp³-hybridized carbons (Fsp3) is 0.500. The summed E-state index contributed by atoms with van der Waals surface area (Å²) >= 11 is 0. The van der Waals surface area contributed by atoms with Crippen molar-refractivity contribution >= 4 is 33.9 Å². The van der Waals surface area contributed by atoms with Gasteiger partial charge in [-0.3, -0.25) is 9.59 Å². The molecule has 250 valence electrons. The molecule has 47 heavy (non-hydrogen) atoms. The predicted octanol–water partition coefficient (Wildman–Crippen LogP) is 5.04. The maximum Gasteiger partial charge on any atom is 0.265 e. The standard InChI is InChI=1S/C32H33F6N7O2/c1-15-21-6-5-16-10-25(45(27(16)41-21)14-31(35,36)8-3-4-18-26(30(47)40-15)32(18,37)38)28-42-22-11-17(20(34)12-24(22)44(28)2)29(46)43-23-13-39-9-7-19(23)33/h5-6,10-12,15,18-19,23,26,39H,3-4,7-9,13-14H2,1-2H3,(H,40,47)(H,43,46)/t15-,18+,19+,23+,26-/m1/s1. The quantitative estimate of drug-likeness (QED) is 0.267. The van der Waals surface area contributed by atoms with Gasteiger partial charge in [0.25, 0.3) is 17.8 Å². The summed E-state index contributed by atoms with van der Waals surface area (Å²) < 4.78 is 92.4. The second-order valence-electron chi connectivity index (χ2n) is 12.9. The molecule has 7 rings (SSSR count). The first-order valence-electron chi connectivity index (χ1n) is 15.6. The van der Waals surface area contributed by atoms with Gasteiger partial charge in [0.2, 0.25) is 5.91 Å². The molecule has 4 aromatic rings. The highest BCUT2D eigenvalue weighted by Gasteiger charge is 2.71. The number of amides is 2. The number of hydrogen-bond donors (Lipinski definition) is 3. The van der Waals surface area contributed by atoms with Crippen LogP contribution >= 0.6 is 0 Å². The summed E-state index contributed by atoms with van der Waals surface area (Å²) in [5.41, 5.74) is 0.865. The van der Waals surface area contributed by atoms with E-state index in [2.05, 4.69) is 25.9 Å². The summed E-state index contributed by atoms with van der Waals surface area (Å²) in [6.45, 7) is 1.43. The number of benzene rings is 1. The number of nitrogens with one attached hydrogen (secondary N) is 3. The monoisotopic (exact) mass is 661 g/mol. The van der Waals surface area contributed by atoms with E-state index in [0.717, 1.165) is 6.07 Å². The van der Waals surface area contributed by atoms with Gasteiger partial charge >= 0.3 is 0 Å². The maximum atomic E-state index is 15.6. The Morgan fingerprint density at radius 2 is 1.89 bits per heavy atom. The molecule has 3 aliphatic rings. The molecule has 3 aromatic heterocycles. The van der Waals surface area contributed by atoms with Crippen LogP contribution < -0.4 is 16.0 Å². The van der Waals surface area contributed by atoms with Crippen LogP contribution in [0.1, 0.15) is 54.7 Å². The lowest BCUT2D eigenvalue weighted by Gasteiger charge is -2.27. The third-order valence-corrected chi connectivity index (χ3v) is 9.66. The van der Waals surface area contributed by atoms with Crippen LogP contribution in [0.4, 0.5) is 26.3 Å². The number of fused-ring (bicyclic) bond motifs is 3. The van der Waals surface area contributed by atoms with Gasteiger partial charge in [0, 0.05) is 37.4 Å². The molecular formula is C32H33F6N7O2. The number of aryl methyl sites for hydroxylation is 1. The number of pyridine rings is 1. The Bertz CT molecular complexity index is 1910. The van der Waals surface area contributed by atoms with Gasteiger partial charge < -0.3 is 25.1 Å². The zero-order chi connectivity index (χ0) is 33.4. The molecule has 3 N–H and O–H groups in total. The number of carbonyl (C=O) groups excluding carboxylic acids is 2. The zero-order valence-corrected chi connectivity index (χ0v) is 25.6. The van der Waals surface area contributed by atoms with Gasteiger partial charge in [-0.15, -0.1) is 0 Å². The number of hydrogen-bond acceptors (Lipinski definition) is 5. The van der Waals surface area contributed by atoms with Crippen LogP contribution in [0.5, 0.6) is 0 Å². The van der Waals surface area contributed by atoms with Crippen LogP contribution in [-0.4, -0.2) is 68.1 Å². The lowest BCUT2D eigenvalue weighted by molar-refractivity contribution is -0.125. The minimum absolute atomic E-state index is 0.171. The van der Waals surface area contributed by atoms with Gasteiger partial charge in [-0.1, -0.05) is 0 Å². The number of halogens is 6. The molecule has 1 saturated heterocycles. The first-order valence-corrected chi connectivity index (χ1v) is 15.6. The number of carbonyl (C=O) groups is 2. The van der Waals surface area contributed by atoms with Crippen LogP contribution in [0.25, 0.3) is 33.6 Å². The van der Waals surface area contributed by atoms with E-state index in [-0.39, 0.29) is 59.6 Å². The minimum atomic E-state index is -3.33. The largest absolute Gasteiger partial charge is 0.348 e. The number of imidazole rings is 1. The summed E-state index contributed by atoms with van der Waals surface area (Å²) in [5.74, 6) is -11.7. The molecular weight excluding hydrogens is 628 g/mol. The predicted molar refractivity (Wildman–Crippen MR) is 160 cm³/mol. The SMILES string of the molecule is C[C@H]1NC(=O)[C@H]2[C@H](CCCC(F)(F)Cn3c(-c4nc5cc(C(=O)N[C@H]6CNCC[C@@H]6F)c(F)cc5n4C)cc4ccc1nc43)C2(F)F. The van der Waals surface area contributed by atoms with E-state index in [4.69, 9.17) is 0 Å². The fourth-order valence-corrected chi connectivity index (χ4v) is 6.93. The second kappa shape index (κ2) is 11.2. The Morgan fingerprint density at radius 3 is 2.66 bits per heavy atom. The molecule has 2 fully saturated rings. The molecule has 0 spiro atoms. The number of aromatic nitrogens is 4. The summed E-state index contributed by atoms with van der Waals surface area (Å²) in [6.07, 6.45) is -2.19. The average molecular weight is 662 g/mol. The van der Waals surface area contributed by atoms with E-state index in [1.165, 1.54) is 15.2 Å². The fourth-order valence-electron chi connectivity index (χ4n) is 6.93. The molecule has 2 aliphatic heterocycles. The van der Waals surface area contributed by atoms with Gasteiger partial charge in [-0.2, -0.15) is 0 Å². The van der Waals surface area contributed by atoms with Crippen molar-refractivity contribution in [2.75, 3.05) is 13.1 Å². The van der Waals surface area contributed by atoms with Crippen molar-refractivity contribution in [1.29, 1.82) is 0 Å². The van der Waals surface area contributed by atoms with Crippen LogP contribution in [0.15, 0.2) is 30.3 Å². The minimum Gasteiger partial charge on any atom is -0.348 e. The number of rotatable bonds is 3. The molecule has 9 nitrogen and oxygen atoms in total. The summed E-state index contributed by atoms with van der Waals surface area (Å²) in [4.78, 5) is 34.9. The molecule has 0 radical (unpaired) electrons. The van der Waals surface area contributed by atoms with Gasteiger partial charge in [0.15, 0.2) is 5.82 Å². The van der Waals surface area contributed by atoms with E-state index in [0.29, 0.717) is 17.6 Å². The smallest absolute Gasteiger partial charge is 0.265 e. The maximum absolute atomic E-state index is 15.6. The van der Waals surface area contributed by atoms with Crippen molar-refractivity contribution in [1.82, 2.24) is 35.1 Å². The highest BCUT2D eigenvalue weighted by molar-refractivity contribution is 5.98. The molecule has 5 atom stereocenters. The first kappa shape index (κ1) is 31.5. The van der Waals surface area contributed by atoms with Gasteiger partial charge in [0.05, 0.1) is 46.6 Å². The Morgan fingerprint density at radius 1 is 1.11 bits per heavy atom. The first-order chi connectivity index (χ1) is 22.2. The number of piperidine rings is 1. The Balaban J connectivity index is 1.28. The molecule has 1 saturated carbocycles. The van der Waals surface area contributed by atoms with E-state index < -0.39 is 72.5 Å². The van der Waals surface area contributed by atoms with Gasteiger partial charge in [-0.05, 0) is 57.0 Å². The molecule has 1 aliphatic carbocycles. The van der Waals surface area contributed by atoms with Crippen molar-refractivity contribution in [3.05, 3.63) is 47.4 Å². The van der Waals surface area contributed by atoms with Crippen molar-refractivity contribution in [3.63, 3.8) is 0 Å². The molecule has 15 heteroatoms. The third kappa shape index (κ3) is 5.51. The van der Waals surface area contributed by atoms with E-state index in [9.17, 15) is 22.8 Å². The van der Waals surface area contributed by atoms with Crippen molar-refractivity contribution < 1.29 is 35.9 Å². The van der Waals surface area contributed by atoms with E-state index in [1.54, 1.807) is 32.2 Å². The lowest BCUT2D eigenvalue weighted by atomic mass is 10.0. The summed E-state index contributed by atoms with van der Waals surface area (Å²) in [6, 6.07) is 5.62. The second-order valence-corrected chi connectivity index (χ2v) is 12.9. The molecule has 5 heterocycles. The van der Waals surface area contributed by atoms with Gasteiger partial charge in [-0.25, -0.2) is 36.3 Å². The Hall–Kier alpha value is -4.14. The zero-order valence-electron chi connectivity index (χ0n) is 25.6. The summed E-state index contributed by atoms with van der Waals surface area (Å²) in [7, 11) is 1.58. The van der Waals surface area contributed by atoms with Crippen LogP contribution in [0.2, 0.25) is 0 Å². The van der Waals surface area contributed by atoms with Crippen molar-refractivity contribution in [3.8, 4) is 11.5 Å². The third-order valence-electron chi connectivity index (χ3n) is 9.66. The van der Waals surface area contributed by atoms with E-state index >= 15 is 13.2 Å². The molecule has 2 bridgehead atoms. The van der Waals surface area contributed by atoms with Crippen molar-refractivity contribution in [2.45, 2.75) is 69.3 Å². The lowest BCUT2D eigenvalue weighted by Crippen LogP contribution is -2.52. The van der Waals surface area contributed by atoms with Crippen LogP contribution in [0, 0.1) is 17.7 Å². The average Bonchev–Trinajstić information content (AvgIpc) is 3.23. The Labute approximate surface area is 265 Å². The van der Waals surface area contributed by atoms with Crippen LogP contribution in [-0.2, 0) is 18.4 Å². The number of alkyl halides is 5. The molecule has 1 aromatic carbocycles. The van der Waals surface area contributed by atoms with Crippen molar-refractivity contribution in [2.24, 2.45) is 18.9 Å².